The Bertz CT molecular complexity index is 2160. The first kappa shape index (κ1) is 62.7. The van der Waals surface area contributed by atoms with Crippen LogP contribution in [0.1, 0.15) is 138 Å². The highest BCUT2D eigenvalue weighted by Gasteiger charge is 2.53. The fourth-order valence-corrected chi connectivity index (χ4v) is 11.5. The highest BCUT2D eigenvalue weighted by Crippen LogP contribution is 2.38. The summed E-state index contributed by atoms with van der Waals surface area (Å²) in [5.41, 5.74) is 2.39. The van der Waals surface area contributed by atoms with Crippen LogP contribution in [0.5, 0.6) is 0 Å². The van der Waals surface area contributed by atoms with Crippen LogP contribution in [0.25, 0.3) is 0 Å². The molecule has 0 spiro atoms. The number of carbonyl (C=O) groups excluding carboxylic acids is 5. The Morgan fingerprint density at radius 3 is 2.29 bits per heavy atom. The molecule has 2 saturated heterocycles. The molecule has 2 bridgehead atoms. The first-order valence-corrected chi connectivity index (χ1v) is 28.2. The number of ketones is 3. The Balaban J connectivity index is 1.47. The van der Waals surface area contributed by atoms with Gasteiger partial charge in [0.25, 0.3) is 11.7 Å². The van der Waals surface area contributed by atoms with Crippen molar-refractivity contribution in [3.05, 3.63) is 83.5 Å². The Kier molecular flexibility index (Phi) is 25.4. The predicted molar refractivity (Wildman–Crippen MR) is 290 cm³/mol. The maximum Gasteiger partial charge on any atom is 0.329 e. The zero-order chi connectivity index (χ0) is 55.5. The molecule has 76 heavy (non-hydrogen) atoms. The zero-order valence-electron chi connectivity index (χ0n) is 46.9. The van der Waals surface area contributed by atoms with E-state index in [0.29, 0.717) is 83.0 Å². The standard InChI is InChI=1S/C61H91NO14/c1-39-19-12-10-13-20-40(2)52(74-32-28-46-21-14-11-15-22-46)37-48-26-24-45(7)61(70,76-48)58(67)59(68)62-29-17-16-23-49(62)60(69)75-53(42(4)35-47-25-27-51(54(36-47)71-8)73-31-18-30-63)38-50(64)41(3)34-44(6)56(66)57(72-9)55(65)43(5)33-39/h10-15,19-22,34,39,41-43,45,47-49,51-54,56-57,63,66,70H,16-18,23-33,35-38H2,1-9H3/b13-10+,19-12+,40-20+,44-34+/t39-,41-,42-,43-,45?,47+,48+,49+,51-,52?,53?,54-,56-,57?,61-/m1/s1. The van der Waals surface area contributed by atoms with Gasteiger partial charge in [-0.25, -0.2) is 4.79 Å². The van der Waals surface area contributed by atoms with E-state index in [0.717, 1.165) is 24.0 Å². The summed E-state index contributed by atoms with van der Waals surface area (Å²) in [4.78, 5) is 73.1. The number of carbonyl (C=O) groups is 5. The minimum absolute atomic E-state index is 0.0000723. The molecule has 3 N–H and O–H groups in total. The first-order valence-electron chi connectivity index (χ1n) is 28.2. The number of methoxy groups -OCH3 is 2. The highest BCUT2D eigenvalue weighted by molar-refractivity contribution is 6.39. The number of hydrogen-bond donors (Lipinski definition) is 3. The van der Waals surface area contributed by atoms with Gasteiger partial charge in [0.05, 0.1) is 31.0 Å². The molecule has 1 aromatic rings. The van der Waals surface area contributed by atoms with E-state index in [1.54, 1.807) is 34.0 Å². The molecule has 1 aromatic carbocycles. The number of Topliss-reactive ketones (excluding diaryl/α,β-unsaturated/α-hetero) is 3. The Morgan fingerprint density at radius 1 is 0.829 bits per heavy atom. The van der Waals surface area contributed by atoms with Crippen molar-refractivity contribution in [3.63, 3.8) is 0 Å². The lowest BCUT2D eigenvalue weighted by Crippen LogP contribution is -2.61. The summed E-state index contributed by atoms with van der Waals surface area (Å²) in [7, 11) is 3.04. The summed E-state index contributed by atoms with van der Waals surface area (Å²) in [6.07, 6.45) is 13.3. The summed E-state index contributed by atoms with van der Waals surface area (Å²) in [5.74, 6) is -8.04. The van der Waals surface area contributed by atoms with Crippen molar-refractivity contribution in [1.29, 1.82) is 0 Å². The van der Waals surface area contributed by atoms with Crippen LogP contribution in [0.4, 0.5) is 0 Å². The molecule has 4 aliphatic rings. The van der Waals surface area contributed by atoms with Gasteiger partial charge in [-0.2, -0.15) is 0 Å². The van der Waals surface area contributed by atoms with Crippen LogP contribution in [0, 0.1) is 35.5 Å². The van der Waals surface area contributed by atoms with E-state index in [2.05, 4.69) is 0 Å². The third-order valence-corrected chi connectivity index (χ3v) is 16.4. The van der Waals surface area contributed by atoms with Crippen LogP contribution in [0.2, 0.25) is 0 Å². The first-order chi connectivity index (χ1) is 36.3. The van der Waals surface area contributed by atoms with Gasteiger partial charge in [0.15, 0.2) is 5.78 Å². The largest absolute Gasteiger partial charge is 0.460 e. The maximum atomic E-state index is 14.6. The fraction of sp³-hybridized carbons (Fsp3) is 0.689. The number of fused-ring (bicyclic) bond motifs is 3. The minimum Gasteiger partial charge on any atom is -0.460 e. The quantitative estimate of drug-likeness (QED) is 0.0738. The van der Waals surface area contributed by atoms with Gasteiger partial charge in [-0.05, 0) is 125 Å². The van der Waals surface area contributed by atoms with Gasteiger partial charge in [-0.1, -0.05) is 101 Å². The summed E-state index contributed by atoms with van der Waals surface area (Å²) in [6, 6.07) is 8.84. The van der Waals surface area contributed by atoms with Gasteiger partial charge >= 0.3 is 5.97 Å². The topological polar surface area (TPSA) is 205 Å². The molecule has 1 saturated carbocycles. The van der Waals surface area contributed by atoms with E-state index in [-0.39, 0.29) is 67.5 Å². The number of hydrogen-bond acceptors (Lipinski definition) is 14. The Morgan fingerprint density at radius 2 is 1.58 bits per heavy atom. The smallest absolute Gasteiger partial charge is 0.329 e. The van der Waals surface area contributed by atoms with Crippen LogP contribution in [0.3, 0.4) is 0 Å². The summed E-state index contributed by atoms with van der Waals surface area (Å²) < 4.78 is 36.8. The van der Waals surface area contributed by atoms with Gasteiger partial charge in [-0.15, -0.1) is 0 Å². The van der Waals surface area contributed by atoms with E-state index in [9.17, 15) is 39.3 Å². The molecular weight excluding hydrogens is 971 g/mol. The third-order valence-electron chi connectivity index (χ3n) is 16.4. The monoisotopic (exact) mass is 1060 g/mol. The van der Waals surface area contributed by atoms with Crippen molar-refractivity contribution in [2.45, 2.75) is 193 Å². The van der Waals surface area contributed by atoms with Crippen molar-refractivity contribution in [1.82, 2.24) is 4.90 Å². The van der Waals surface area contributed by atoms with E-state index < -0.39 is 77.8 Å². The average Bonchev–Trinajstić information content (AvgIpc) is 3.41. The van der Waals surface area contributed by atoms with Crippen molar-refractivity contribution < 1.29 is 67.7 Å². The number of benzene rings is 1. The van der Waals surface area contributed by atoms with Crippen LogP contribution >= 0.6 is 0 Å². The summed E-state index contributed by atoms with van der Waals surface area (Å²) in [5, 5.41) is 33.1. The van der Waals surface area contributed by atoms with Crippen molar-refractivity contribution in [3.8, 4) is 0 Å². The zero-order valence-corrected chi connectivity index (χ0v) is 46.9. The second kappa shape index (κ2) is 30.8. The van der Waals surface area contributed by atoms with Crippen LogP contribution in [0.15, 0.2) is 77.9 Å². The lowest BCUT2D eigenvalue weighted by molar-refractivity contribution is -0.266. The fourth-order valence-electron chi connectivity index (χ4n) is 11.5. The lowest BCUT2D eigenvalue weighted by atomic mass is 9.78. The Hall–Kier alpha value is -4.19. The number of ether oxygens (including phenoxy) is 6. The number of esters is 1. The van der Waals surface area contributed by atoms with Crippen molar-refractivity contribution in [2.24, 2.45) is 35.5 Å². The van der Waals surface area contributed by atoms with Gasteiger partial charge in [0.2, 0.25) is 5.79 Å². The molecule has 1 amide bonds. The van der Waals surface area contributed by atoms with Gasteiger partial charge in [0.1, 0.15) is 30.1 Å². The van der Waals surface area contributed by atoms with E-state index in [1.165, 1.54) is 12.0 Å². The molecule has 5 rings (SSSR count). The molecular formula is C61H91NO14. The molecule has 0 aromatic heterocycles. The third kappa shape index (κ3) is 17.7. The molecule has 3 fully saturated rings. The molecule has 15 nitrogen and oxygen atoms in total. The number of allylic oxidation sites excluding steroid dienone is 6. The molecule has 15 atom stereocenters. The van der Waals surface area contributed by atoms with Crippen LogP contribution in [-0.2, 0) is 58.8 Å². The molecule has 15 heteroatoms. The maximum absolute atomic E-state index is 14.6. The number of rotatable bonds is 13. The molecule has 0 radical (unpaired) electrons. The van der Waals surface area contributed by atoms with Gasteiger partial charge in [0, 0.05) is 64.6 Å². The van der Waals surface area contributed by atoms with E-state index in [1.807, 2.05) is 88.4 Å². The number of nitrogens with zero attached hydrogens (tertiary/aromatic N) is 1. The van der Waals surface area contributed by atoms with Crippen LogP contribution < -0.4 is 0 Å². The molecule has 3 aliphatic heterocycles. The van der Waals surface area contributed by atoms with Gasteiger partial charge in [-0.3, -0.25) is 19.2 Å². The second-order valence-electron chi connectivity index (χ2n) is 22.4. The van der Waals surface area contributed by atoms with E-state index in [4.69, 9.17) is 28.4 Å². The molecule has 3 heterocycles. The molecule has 4 unspecified atom stereocenters. The van der Waals surface area contributed by atoms with Crippen LogP contribution in [-0.4, -0.2) is 145 Å². The summed E-state index contributed by atoms with van der Waals surface area (Å²) >= 11 is 0. The number of cyclic esters (lactones) is 1. The highest BCUT2D eigenvalue weighted by atomic mass is 16.6. The normalized spacial score (nSPS) is 36.2. The SMILES string of the molecule is COC1C(=O)[C@H](C)C[C@H](C)/C=C/C=C/C=C(\C)C(OCCc2ccccc2)C[C@@H]2CCC(C)[C@@](O)(O2)C(=O)C(=O)N2CCCC[C@H]2C(=O)OC([C@H](C)C[C@@H]2CC[C@@H](OCCCO)[C@H](OC)C2)CC(=O)[C@H](C)/C=C(\C)[C@H]1O. The summed E-state index contributed by atoms with van der Waals surface area (Å²) in [6.45, 7) is 13.7. The average molecular weight is 1060 g/mol. The van der Waals surface area contributed by atoms with Crippen molar-refractivity contribution in [2.75, 3.05) is 40.6 Å². The lowest BCUT2D eigenvalue weighted by Gasteiger charge is -2.43. The Labute approximate surface area is 452 Å². The minimum atomic E-state index is -2.46. The number of piperidine rings is 1. The molecule has 1 aliphatic carbocycles. The number of aliphatic hydroxyl groups is 3. The molecule has 424 valence electrons. The second-order valence-corrected chi connectivity index (χ2v) is 22.4. The van der Waals surface area contributed by atoms with E-state index >= 15 is 0 Å². The number of amides is 1. The van der Waals surface area contributed by atoms with Crippen molar-refractivity contribution >= 4 is 29.2 Å². The van der Waals surface area contributed by atoms with Gasteiger partial charge < -0.3 is 48.6 Å². The number of aliphatic hydroxyl groups excluding tert-OH is 2. The predicted octanol–water partition coefficient (Wildman–Crippen LogP) is 8.20.